The Morgan fingerprint density at radius 3 is 2.61 bits per heavy atom. The molecule has 0 spiro atoms. The van der Waals surface area contributed by atoms with Gasteiger partial charge in [-0.15, -0.1) is 11.3 Å². The van der Waals surface area contributed by atoms with Gasteiger partial charge in [-0.2, -0.15) is 0 Å². The predicted molar refractivity (Wildman–Crippen MR) is 123 cm³/mol. The Bertz CT molecular complexity index is 1150. The first kappa shape index (κ1) is 20.1. The van der Waals surface area contributed by atoms with Crippen molar-refractivity contribution in [2.45, 2.75) is 45.4 Å². The van der Waals surface area contributed by atoms with Gasteiger partial charge in [-0.3, -0.25) is 9.59 Å². The smallest absolute Gasteiger partial charge is 0.264 e. The number of hydrogen-bond donors (Lipinski definition) is 1. The molecule has 1 saturated heterocycles. The summed E-state index contributed by atoms with van der Waals surface area (Å²) < 4.78 is 0. The lowest BCUT2D eigenvalue weighted by molar-refractivity contribution is -0.121. The first-order chi connectivity index (χ1) is 15.0. The van der Waals surface area contributed by atoms with Crippen LogP contribution < -0.4 is 5.32 Å². The monoisotopic (exact) mass is 434 g/mol. The Labute approximate surface area is 185 Å². The third-order valence-corrected chi connectivity index (χ3v) is 7.42. The fourth-order valence-electron chi connectivity index (χ4n) is 4.37. The lowest BCUT2D eigenvalue weighted by Gasteiger charge is -2.32. The lowest BCUT2D eigenvalue weighted by Crippen LogP contribution is -2.43. The zero-order valence-corrected chi connectivity index (χ0v) is 18.7. The Morgan fingerprint density at radius 1 is 1.10 bits per heavy atom. The summed E-state index contributed by atoms with van der Waals surface area (Å²) in [6, 6.07) is 9.47. The highest BCUT2D eigenvalue weighted by Gasteiger charge is 2.32. The van der Waals surface area contributed by atoms with Crippen LogP contribution in [0.5, 0.6) is 0 Å². The van der Waals surface area contributed by atoms with Gasteiger partial charge in [-0.25, -0.2) is 9.97 Å². The van der Waals surface area contributed by atoms with Gasteiger partial charge in [0.1, 0.15) is 10.7 Å². The number of carbonyl (C=O) groups excluding carboxylic acids is 2. The van der Waals surface area contributed by atoms with Crippen molar-refractivity contribution in [2.75, 3.05) is 18.4 Å². The fourth-order valence-corrected chi connectivity index (χ4v) is 5.58. The molecule has 1 aromatic carbocycles. The van der Waals surface area contributed by atoms with Gasteiger partial charge in [-0.1, -0.05) is 18.2 Å². The molecule has 1 N–H and O–H groups in total. The van der Waals surface area contributed by atoms with Crippen molar-refractivity contribution in [3.8, 4) is 0 Å². The number of likely N-dealkylation sites (tertiary alicyclic amines) is 1. The van der Waals surface area contributed by atoms with Crippen molar-refractivity contribution in [2.24, 2.45) is 5.92 Å². The van der Waals surface area contributed by atoms with Crippen molar-refractivity contribution >= 4 is 39.1 Å². The molecule has 3 heterocycles. The van der Waals surface area contributed by atoms with Crippen molar-refractivity contribution in [1.82, 2.24) is 14.9 Å². The van der Waals surface area contributed by atoms with Crippen LogP contribution in [0, 0.1) is 19.8 Å². The van der Waals surface area contributed by atoms with Gasteiger partial charge >= 0.3 is 0 Å². The number of hydrogen-bond acceptors (Lipinski definition) is 5. The number of benzene rings is 1. The van der Waals surface area contributed by atoms with E-state index in [1.54, 1.807) is 0 Å². The van der Waals surface area contributed by atoms with Crippen molar-refractivity contribution in [3.05, 3.63) is 52.3 Å². The zero-order chi connectivity index (χ0) is 21.5. The van der Waals surface area contributed by atoms with E-state index in [2.05, 4.69) is 5.32 Å². The first-order valence-corrected chi connectivity index (χ1v) is 11.8. The van der Waals surface area contributed by atoms with E-state index in [1.807, 2.05) is 49.1 Å². The standard InChI is InChI=1S/C24H26N4O2S/c1-14-19-15(2)25-21(16-10-11-16)27-23(19)31-20(14)24(30)28-12-6-7-17(13-28)22(29)26-18-8-4-3-5-9-18/h3-5,8-9,16-17H,6-7,10-13H2,1-2H3,(H,26,29). The quantitative estimate of drug-likeness (QED) is 0.647. The highest BCUT2D eigenvalue weighted by atomic mass is 32.1. The van der Waals surface area contributed by atoms with Gasteiger partial charge in [0.15, 0.2) is 0 Å². The third kappa shape index (κ3) is 3.94. The van der Waals surface area contributed by atoms with Gasteiger partial charge in [0.05, 0.1) is 16.5 Å². The number of anilines is 1. The van der Waals surface area contributed by atoms with Crippen molar-refractivity contribution in [1.29, 1.82) is 0 Å². The van der Waals surface area contributed by atoms with E-state index in [9.17, 15) is 9.59 Å². The number of piperidine rings is 1. The van der Waals surface area contributed by atoms with E-state index in [-0.39, 0.29) is 17.7 Å². The summed E-state index contributed by atoms with van der Waals surface area (Å²) in [6.07, 6.45) is 3.93. The van der Waals surface area contributed by atoms with Gasteiger partial charge in [0, 0.05) is 30.1 Å². The first-order valence-electron chi connectivity index (χ1n) is 10.9. The Balaban J connectivity index is 1.35. The molecule has 31 heavy (non-hydrogen) atoms. The van der Waals surface area contributed by atoms with Gasteiger partial charge in [0.25, 0.3) is 5.91 Å². The van der Waals surface area contributed by atoms with Crippen LogP contribution in [0.3, 0.4) is 0 Å². The van der Waals surface area contributed by atoms with Crippen molar-refractivity contribution in [3.63, 3.8) is 0 Å². The normalized spacial score (nSPS) is 18.9. The molecule has 0 radical (unpaired) electrons. The number of nitrogens with zero attached hydrogens (tertiary/aromatic N) is 3. The number of amides is 2. The maximum Gasteiger partial charge on any atom is 0.264 e. The summed E-state index contributed by atoms with van der Waals surface area (Å²) in [4.78, 5) is 39.1. The van der Waals surface area contributed by atoms with E-state index in [0.29, 0.717) is 19.0 Å². The highest BCUT2D eigenvalue weighted by molar-refractivity contribution is 7.20. The summed E-state index contributed by atoms with van der Waals surface area (Å²) in [6.45, 7) is 5.13. The molecular formula is C24H26N4O2S. The molecule has 3 aromatic rings. The average Bonchev–Trinajstić information content (AvgIpc) is 3.57. The van der Waals surface area contributed by atoms with Crippen LogP contribution >= 0.6 is 11.3 Å². The second-order valence-electron chi connectivity index (χ2n) is 8.62. The van der Waals surface area contributed by atoms with Crippen LogP contribution in [0.1, 0.15) is 58.4 Å². The molecule has 2 aliphatic rings. The topological polar surface area (TPSA) is 75.2 Å². The molecule has 1 saturated carbocycles. The number of aromatic nitrogens is 2. The molecule has 1 aliphatic heterocycles. The van der Waals surface area contributed by atoms with E-state index in [4.69, 9.17) is 9.97 Å². The summed E-state index contributed by atoms with van der Waals surface area (Å²) in [5.74, 6) is 1.18. The van der Waals surface area contributed by atoms with Crippen LogP contribution in [0.25, 0.3) is 10.2 Å². The summed E-state index contributed by atoms with van der Waals surface area (Å²) in [7, 11) is 0. The minimum atomic E-state index is -0.199. The summed E-state index contributed by atoms with van der Waals surface area (Å²) >= 11 is 1.47. The maximum atomic E-state index is 13.4. The number of thiophene rings is 1. The molecule has 2 fully saturated rings. The van der Waals surface area contributed by atoms with Gasteiger partial charge in [-0.05, 0) is 57.2 Å². The largest absolute Gasteiger partial charge is 0.337 e. The predicted octanol–water partition coefficient (Wildman–Crippen LogP) is 4.68. The molecule has 5 rings (SSSR count). The number of para-hydroxylation sites is 1. The maximum absolute atomic E-state index is 13.4. The minimum Gasteiger partial charge on any atom is -0.337 e. The van der Waals surface area contributed by atoms with E-state index >= 15 is 0 Å². The molecular weight excluding hydrogens is 408 g/mol. The number of aryl methyl sites for hydroxylation is 2. The molecule has 160 valence electrons. The van der Waals surface area contributed by atoms with Crippen LogP contribution in [0.4, 0.5) is 5.69 Å². The van der Waals surface area contributed by atoms with E-state index < -0.39 is 0 Å². The Hall–Kier alpha value is -2.80. The molecule has 2 amide bonds. The summed E-state index contributed by atoms with van der Waals surface area (Å²) in [5.41, 5.74) is 2.70. The molecule has 7 heteroatoms. The Kier molecular flexibility index (Phi) is 5.22. The van der Waals surface area contributed by atoms with Gasteiger partial charge in [0.2, 0.25) is 5.91 Å². The fraction of sp³-hybridized carbons (Fsp3) is 0.417. The second kappa shape index (κ2) is 8.04. The number of rotatable bonds is 4. The lowest BCUT2D eigenvalue weighted by atomic mass is 9.96. The molecule has 1 atom stereocenters. The highest BCUT2D eigenvalue weighted by Crippen LogP contribution is 2.40. The number of nitrogens with one attached hydrogen (secondary N) is 1. The van der Waals surface area contributed by atoms with Crippen LogP contribution in [0.15, 0.2) is 30.3 Å². The van der Waals surface area contributed by atoms with E-state index in [1.165, 1.54) is 11.3 Å². The molecule has 2 aromatic heterocycles. The molecule has 0 bridgehead atoms. The van der Waals surface area contributed by atoms with E-state index in [0.717, 1.165) is 63.5 Å². The van der Waals surface area contributed by atoms with Crippen LogP contribution in [-0.4, -0.2) is 39.8 Å². The number of fused-ring (bicyclic) bond motifs is 1. The van der Waals surface area contributed by atoms with Crippen LogP contribution in [0.2, 0.25) is 0 Å². The zero-order valence-electron chi connectivity index (χ0n) is 17.9. The van der Waals surface area contributed by atoms with Gasteiger partial charge < -0.3 is 10.2 Å². The number of carbonyl (C=O) groups is 2. The molecule has 6 nitrogen and oxygen atoms in total. The summed E-state index contributed by atoms with van der Waals surface area (Å²) in [5, 5.41) is 3.99. The minimum absolute atomic E-state index is 0.00471. The second-order valence-corrected chi connectivity index (χ2v) is 9.62. The third-order valence-electron chi connectivity index (χ3n) is 6.25. The van der Waals surface area contributed by atoms with Crippen molar-refractivity contribution < 1.29 is 9.59 Å². The SMILES string of the molecule is Cc1nc(C2CC2)nc2sc(C(=O)N3CCCC(C(=O)Nc4ccccc4)C3)c(C)c12. The van der Waals surface area contributed by atoms with Crippen LogP contribution in [-0.2, 0) is 4.79 Å². The Morgan fingerprint density at radius 2 is 1.87 bits per heavy atom. The molecule has 1 aliphatic carbocycles. The molecule has 1 unspecified atom stereocenters. The average molecular weight is 435 g/mol.